The zero-order chi connectivity index (χ0) is 17.0. The third-order valence-electron chi connectivity index (χ3n) is 4.40. The molecule has 5 heteroatoms. The number of aliphatic hydroxyl groups is 1. The summed E-state index contributed by atoms with van der Waals surface area (Å²) in [5, 5.41) is 10.1. The molecule has 0 bridgehead atoms. The van der Waals surface area contributed by atoms with Gasteiger partial charge in [0.15, 0.2) is 5.60 Å². The van der Waals surface area contributed by atoms with E-state index in [-0.39, 0.29) is 5.56 Å². The van der Waals surface area contributed by atoms with Gasteiger partial charge in [-0.25, -0.2) is 9.18 Å². The van der Waals surface area contributed by atoms with Gasteiger partial charge in [0.05, 0.1) is 6.61 Å². The minimum Gasteiger partial charge on any atom is -0.430 e. The van der Waals surface area contributed by atoms with Crippen LogP contribution in [-0.2, 0) is 10.3 Å². The van der Waals surface area contributed by atoms with Crippen molar-refractivity contribution in [2.24, 2.45) is 0 Å². The third kappa shape index (κ3) is 2.99. The number of amides is 1. The molecule has 0 unspecified atom stereocenters. The Kier molecular flexibility index (Phi) is 4.81. The topological polar surface area (TPSA) is 49.8 Å². The zero-order valence-corrected chi connectivity index (χ0v) is 13.3. The minimum absolute atomic E-state index is 0.145. The van der Waals surface area contributed by atoms with E-state index in [1.807, 2.05) is 6.07 Å². The maximum atomic E-state index is 14.5. The predicted octanol–water partition coefficient (Wildman–Crippen LogP) is 3.29. The van der Waals surface area contributed by atoms with Crippen molar-refractivity contribution < 1.29 is 19.0 Å². The fraction of sp³-hybridized carbons (Fsp3) is 0.316. The molecule has 1 atom stereocenters. The highest BCUT2D eigenvalue weighted by molar-refractivity contribution is 5.69. The zero-order valence-electron chi connectivity index (χ0n) is 13.3. The second-order valence-electron chi connectivity index (χ2n) is 5.89. The average molecular weight is 329 g/mol. The Bertz CT molecular complexity index is 701. The second kappa shape index (κ2) is 7.01. The first-order valence-electron chi connectivity index (χ1n) is 8.07. The van der Waals surface area contributed by atoms with Gasteiger partial charge in [-0.15, -0.1) is 0 Å². The molecule has 1 aliphatic heterocycles. The van der Waals surface area contributed by atoms with Crippen LogP contribution in [0.3, 0.4) is 0 Å². The molecule has 0 radical (unpaired) electrons. The summed E-state index contributed by atoms with van der Waals surface area (Å²) in [6.45, 7) is 0.691. The van der Waals surface area contributed by atoms with Crippen LogP contribution in [-0.4, -0.2) is 35.8 Å². The van der Waals surface area contributed by atoms with E-state index in [2.05, 4.69) is 0 Å². The quantitative estimate of drug-likeness (QED) is 0.936. The van der Waals surface area contributed by atoms with Crippen molar-refractivity contribution in [2.45, 2.75) is 18.4 Å². The summed E-state index contributed by atoms with van der Waals surface area (Å²) in [6.07, 6.45) is 1.31. The van der Waals surface area contributed by atoms with Gasteiger partial charge in [0, 0.05) is 24.2 Å². The predicted molar refractivity (Wildman–Crippen MR) is 88.0 cm³/mol. The van der Waals surface area contributed by atoms with Gasteiger partial charge >= 0.3 is 6.09 Å². The molecule has 1 amide bonds. The molecule has 4 nitrogen and oxygen atoms in total. The highest BCUT2D eigenvalue weighted by Crippen LogP contribution is 2.36. The van der Waals surface area contributed by atoms with Gasteiger partial charge in [-0.05, 0) is 18.9 Å². The molecule has 1 aliphatic rings. The summed E-state index contributed by atoms with van der Waals surface area (Å²) in [4.78, 5) is 14.1. The van der Waals surface area contributed by atoms with E-state index in [1.54, 1.807) is 41.3 Å². The van der Waals surface area contributed by atoms with Crippen LogP contribution in [0.4, 0.5) is 9.18 Å². The van der Waals surface area contributed by atoms with Crippen LogP contribution in [0.5, 0.6) is 0 Å². The molecule has 2 aromatic rings. The highest BCUT2D eigenvalue weighted by atomic mass is 19.1. The number of likely N-dealkylation sites (tertiary alicyclic amines) is 1. The van der Waals surface area contributed by atoms with E-state index >= 15 is 0 Å². The van der Waals surface area contributed by atoms with E-state index in [4.69, 9.17) is 4.74 Å². The van der Waals surface area contributed by atoms with Gasteiger partial charge in [-0.3, -0.25) is 0 Å². The number of benzene rings is 2. The largest absolute Gasteiger partial charge is 0.430 e. The molecule has 0 saturated carbocycles. The molecule has 1 saturated heterocycles. The molecular formula is C19H20FNO3. The van der Waals surface area contributed by atoms with Crippen molar-refractivity contribution in [1.29, 1.82) is 0 Å². The molecule has 1 heterocycles. The first-order chi connectivity index (χ1) is 11.7. The SMILES string of the molecule is O=C(O[C@](CO)(c1ccccc1)c1ccccc1F)N1CCCC1. The van der Waals surface area contributed by atoms with Crippen molar-refractivity contribution >= 4 is 6.09 Å². The molecule has 1 N–H and O–H groups in total. The number of nitrogens with zero attached hydrogens (tertiary/aromatic N) is 1. The molecule has 1 fully saturated rings. The number of carbonyl (C=O) groups excluding carboxylic acids is 1. The van der Waals surface area contributed by atoms with E-state index in [9.17, 15) is 14.3 Å². The Labute approximate surface area is 140 Å². The molecule has 2 aromatic carbocycles. The lowest BCUT2D eigenvalue weighted by Gasteiger charge is -2.34. The molecule has 0 aliphatic carbocycles. The van der Waals surface area contributed by atoms with Gasteiger partial charge in [0.1, 0.15) is 5.82 Å². The molecule has 0 spiro atoms. The van der Waals surface area contributed by atoms with Crippen molar-refractivity contribution in [1.82, 2.24) is 4.90 Å². The second-order valence-corrected chi connectivity index (χ2v) is 5.89. The Morgan fingerprint density at radius 3 is 2.33 bits per heavy atom. The van der Waals surface area contributed by atoms with Crippen LogP contribution in [0, 0.1) is 5.82 Å². The van der Waals surface area contributed by atoms with E-state index in [0.717, 1.165) is 12.8 Å². The number of aliphatic hydroxyl groups excluding tert-OH is 1. The summed E-state index contributed by atoms with van der Waals surface area (Å²) < 4.78 is 20.2. The van der Waals surface area contributed by atoms with Gasteiger partial charge in [0.2, 0.25) is 0 Å². The summed E-state index contributed by atoms with van der Waals surface area (Å²) in [7, 11) is 0. The van der Waals surface area contributed by atoms with Crippen LogP contribution in [0.15, 0.2) is 54.6 Å². The van der Waals surface area contributed by atoms with E-state index in [0.29, 0.717) is 18.7 Å². The molecule has 24 heavy (non-hydrogen) atoms. The summed E-state index contributed by atoms with van der Waals surface area (Å²) in [5.41, 5.74) is -0.886. The van der Waals surface area contributed by atoms with Crippen LogP contribution in [0.1, 0.15) is 24.0 Å². The Hall–Kier alpha value is -2.40. The lowest BCUT2D eigenvalue weighted by molar-refractivity contribution is -0.0214. The highest BCUT2D eigenvalue weighted by Gasteiger charge is 2.41. The number of hydrogen-bond acceptors (Lipinski definition) is 3. The first-order valence-corrected chi connectivity index (χ1v) is 8.07. The maximum Gasteiger partial charge on any atom is 0.411 e. The van der Waals surface area contributed by atoms with E-state index in [1.165, 1.54) is 12.1 Å². The van der Waals surface area contributed by atoms with Gasteiger partial charge in [-0.2, -0.15) is 0 Å². The van der Waals surface area contributed by atoms with Crippen molar-refractivity contribution in [2.75, 3.05) is 19.7 Å². The van der Waals surface area contributed by atoms with Crippen LogP contribution >= 0.6 is 0 Å². The van der Waals surface area contributed by atoms with Gasteiger partial charge in [-0.1, -0.05) is 48.5 Å². The molecule has 3 rings (SSSR count). The molecule has 126 valence electrons. The van der Waals surface area contributed by atoms with Crippen molar-refractivity contribution in [3.8, 4) is 0 Å². The van der Waals surface area contributed by atoms with Crippen molar-refractivity contribution in [3.05, 3.63) is 71.5 Å². The molecule has 0 aromatic heterocycles. The third-order valence-corrected chi connectivity index (χ3v) is 4.40. The Balaban J connectivity index is 2.06. The van der Waals surface area contributed by atoms with Crippen molar-refractivity contribution in [3.63, 3.8) is 0 Å². The Morgan fingerprint density at radius 1 is 1.08 bits per heavy atom. The lowest BCUT2D eigenvalue weighted by atomic mass is 9.86. The monoisotopic (exact) mass is 329 g/mol. The van der Waals surface area contributed by atoms with E-state index < -0.39 is 24.1 Å². The smallest absolute Gasteiger partial charge is 0.411 e. The first kappa shape index (κ1) is 16.5. The van der Waals surface area contributed by atoms with Gasteiger partial charge in [0.25, 0.3) is 0 Å². The summed E-state index contributed by atoms with van der Waals surface area (Å²) in [5.74, 6) is -0.523. The lowest BCUT2D eigenvalue weighted by Crippen LogP contribution is -2.42. The fourth-order valence-electron chi connectivity index (χ4n) is 3.09. The number of halogens is 1. The minimum atomic E-state index is -1.56. The standard InChI is InChI=1S/C19H20FNO3/c20-17-11-5-4-10-16(17)19(14-22,15-8-2-1-3-9-15)24-18(23)21-12-6-7-13-21/h1-5,8-11,22H,6-7,12-14H2/t19-/m1/s1. The number of ether oxygens (including phenoxy) is 1. The number of rotatable bonds is 4. The number of hydrogen-bond donors (Lipinski definition) is 1. The van der Waals surface area contributed by atoms with Crippen LogP contribution in [0.2, 0.25) is 0 Å². The maximum absolute atomic E-state index is 14.5. The molecular weight excluding hydrogens is 309 g/mol. The summed E-state index contributed by atoms with van der Waals surface area (Å²) >= 11 is 0. The van der Waals surface area contributed by atoms with Crippen LogP contribution in [0.25, 0.3) is 0 Å². The fourth-order valence-corrected chi connectivity index (χ4v) is 3.09. The normalized spacial score (nSPS) is 16.7. The average Bonchev–Trinajstić information content (AvgIpc) is 3.16. The Morgan fingerprint density at radius 2 is 1.71 bits per heavy atom. The number of carbonyl (C=O) groups is 1. The summed E-state index contributed by atoms with van der Waals surface area (Å²) in [6, 6.07) is 14.9. The van der Waals surface area contributed by atoms with Crippen LogP contribution < -0.4 is 0 Å². The van der Waals surface area contributed by atoms with Gasteiger partial charge < -0.3 is 14.7 Å².